The first kappa shape index (κ1) is 50.9. The lowest BCUT2D eigenvalue weighted by Crippen LogP contribution is -2.04. The zero-order chi connectivity index (χ0) is 48.3. The van der Waals surface area contributed by atoms with E-state index in [4.69, 9.17) is 67.5 Å². The van der Waals surface area contributed by atoms with E-state index in [0.717, 1.165) is 87.3 Å². The molecule has 5 aromatic rings. The molecule has 1 unspecified atom stereocenters. The van der Waals surface area contributed by atoms with Crippen LogP contribution >= 0.6 is 58.0 Å². The molecular weight excluding hydrogens is 938 g/mol. The van der Waals surface area contributed by atoms with Gasteiger partial charge in [-0.2, -0.15) is 0 Å². The third-order valence-corrected chi connectivity index (χ3v) is 14.5. The van der Waals surface area contributed by atoms with Crippen molar-refractivity contribution in [2.75, 3.05) is 14.2 Å². The molecule has 0 aliphatic heterocycles. The third kappa shape index (κ3) is 10.8. The highest BCUT2D eigenvalue weighted by atomic mass is 35.5. The van der Waals surface area contributed by atoms with Crippen molar-refractivity contribution in [1.82, 2.24) is 0 Å². The number of methoxy groups -OCH3 is 2. The van der Waals surface area contributed by atoms with Crippen LogP contribution in [0.1, 0.15) is 154 Å². The number of carbonyl (C=O) groups is 5. The molecule has 5 aliphatic rings. The molecule has 0 heterocycles. The highest BCUT2D eigenvalue weighted by molar-refractivity contribution is 6.49. The first-order valence-electron chi connectivity index (χ1n) is 22.0. The summed E-state index contributed by atoms with van der Waals surface area (Å²) in [5.41, 5.74) is 14.0. The summed E-state index contributed by atoms with van der Waals surface area (Å²) < 4.78 is 10.3. The molecule has 0 N–H and O–H groups in total. The fourth-order valence-corrected chi connectivity index (χ4v) is 10.7. The first-order valence-corrected chi connectivity index (χ1v) is 23.9. The predicted molar refractivity (Wildman–Crippen MR) is 266 cm³/mol. The van der Waals surface area contributed by atoms with Crippen molar-refractivity contribution in [2.24, 2.45) is 5.92 Å². The van der Waals surface area contributed by atoms with Gasteiger partial charge in [0.05, 0.1) is 39.3 Å². The molecule has 0 bridgehead atoms. The summed E-state index contributed by atoms with van der Waals surface area (Å²) in [5.74, 6) is 3.22. The van der Waals surface area contributed by atoms with Gasteiger partial charge in [0.15, 0.2) is 28.9 Å². The van der Waals surface area contributed by atoms with Gasteiger partial charge in [0, 0.05) is 65.0 Å². The summed E-state index contributed by atoms with van der Waals surface area (Å²) in [4.78, 5) is 57.5. The van der Waals surface area contributed by atoms with Gasteiger partial charge in [-0.1, -0.05) is 103 Å². The largest absolute Gasteiger partial charge is 0.496 e. The molecule has 5 aromatic carbocycles. The molecule has 0 amide bonds. The second-order valence-electron chi connectivity index (χ2n) is 17.5. The fraction of sp³-hybridized carbons (Fsp3) is 0.352. The van der Waals surface area contributed by atoms with E-state index >= 15 is 0 Å². The van der Waals surface area contributed by atoms with Crippen LogP contribution in [0.4, 0.5) is 0 Å². The van der Waals surface area contributed by atoms with Gasteiger partial charge < -0.3 is 9.47 Å². The van der Waals surface area contributed by atoms with Crippen LogP contribution in [-0.2, 0) is 32.1 Å². The van der Waals surface area contributed by atoms with E-state index in [1.54, 1.807) is 32.4 Å². The number of hydrogen-bond acceptors (Lipinski definition) is 7. The van der Waals surface area contributed by atoms with Gasteiger partial charge in [0.1, 0.15) is 11.5 Å². The lowest BCUT2D eigenvalue weighted by atomic mass is 9.92. The van der Waals surface area contributed by atoms with Gasteiger partial charge in [-0.3, -0.25) is 24.0 Å². The zero-order valence-electron chi connectivity index (χ0n) is 38.5. The van der Waals surface area contributed by atoms with E-state index < -0.39 is 0 Å². The molecule has 66 heavy (non-hydrogen) atoms. The lowest BCUT2D eigenvalue weighted by Gasteiger charge is -2.12. The van der Waals surface area contributed by atoms with Crippen LogP contribution in [0.3, 0.4) is 0 Å². The minimum Gasteiger partial charge on any atom is -0.496 e. The molecule has 12 heteroatoms. The molecule has 10 rings (SSSR count). The van der Waals surface area contributed by atoms with Crippen LogP contribution in [0.25, 0.3) is 0 Å². The predicted octanol–water partition coefficient (Wildman–Crippen LogP) is 14.7. The number of rotatable bonds is 3. The molecule has 0 spiro atoms. The normalized spacial score (nSPS) is 15.8. The van der Waals surface area contributed by atoms with Crippen LogP contribution in [-0.4, -0.2) is 43.1 Å². The summed E-state index contributed by atoms with van der Waals surface area (Å²) in [6.45, 7) is 12.5. The lowest BCUT2D eigenvalue weighted by molar-refractivity contribution is 0.0942. The van der Waals surface area contributed by atoms with Gasteiger partial charge >= 0.3 is 0 Å². The maximum atomic E-state index is 12.0. The van der Waals surface area contributed by atoms with Crippen molar-refractivity contribution >= 4 is 86.9 Å². The smallest absolute Gasteiger partial charge is 0.166 e. The molecule has 0 radical (unpaired) electrons. The molecule has 0 aromatic heterocycles. The third-order valence-electron chi connectivity index (χ3n) is 12.6. The molecule has 1 atom stereocenters. The number of carbonyl (C=O) groups excluding carboxylic acids is 5. The summed E-state index contributed by atoms with van der Waals surface area (Å²) in [5, 5.41) is 2.15. The fourth-order valence-electron chi connectivity index (χ4n) is 9.26. The van der Waals surface area contributed by atoms with E-state index in [2.05, 4.69) is 32.0 Å². The quantitative estimate of drug-likeness (QED) is 0.166. The number of benzene rings is 5. The van der Waals surface area contributed by atoms with Crippen LogP contribution in [0, 0.1) is 26.7 Å². The van der Waals surface area contributed by atoms with Crippen molar-refractivity contribution in [1.29, 1.82) is 0 Å². The van der Waals surface area contributed by atoms with Crippen LogP contribution in [0.2, 0.25) is 25.1 Å². The molecule has 346 valence electrons. The van der Waals surface area contributed by atoms with E-state index in [-0.39, 0.29) is 34.1 Å². The SMILES string of the molecule is COc1cc2c(cc1C)CCC2=O.COc1ccc(Cl)c2c1CCC2=O.Cc1cc(Cl)c2c(c1)CCC2=O.Cc1ccc(C(C)C)c2c1C(=O)C(C)C2.O=C1CCc2cc(Cl)c(Cl)c(Cl)c21. The minimum atomic E-state index is 0.0542. The van der Waals surface area contributed by atoms with Gasteiger partial charge in [-0.25, -0.2) is 0 Å². The number of hydrogen-bond donors (Lipinski definition) is 0. The van der Waals surface area contributed by atoms with Gasteiger partial charge in [-0.05, 0) is 134 Å². The number of fused-ring (bicyclic) bond motifs is 5. The second-order valence-corrected chi connectivity index (χ2v) is 19.5. The van der Waals surface area contributed by atoms with Crippen molar-refractivity contribution in [2.45, 2.75) is 105 Å². The molecule has 0 saturated heterocycles. The standard InChI is InChI=1S/C14H18O.C11H12O2.C10H9ClO2.C10H9ClO.C9H5Cl3O/c1-8(2)11-6-5-9(3)13-12(11)7-10(4)14(13)15;1-7-5-8-3-4-10(12)9(8)6-11(7)13-2;1-13-9-5-3-7(11)10-6(9)2-4-8(10)12;1-6-4-7-2-3-9(12)10(7)8(11)5-6;10-5-3-4-1-2-6(13)7(4)9(12)8(5)11/h5-6,8,10H,7H2,1-4H3;5-6H,3-4H2,1-2H3;3,5H,2,4H2,1H3;4-5H,2-3H2,1H3;3H,1-2H2. The first-order chi connectivity index (χ1) is 31.3. The molecule has 0 fully saturated rings. The van der Waals surface area contributed by atoms with Crippen LogP contribution < -0.4 is 9.47 Å². The summed E-state index contributed by atoms with van der Waals surface area (Å²) >= 11 is 29.4. The number of Topliss-reactive ketones (excluding diaryl/α,β-unsaturated/α-hetero) is 5. The molecule has 0 saturated carbocycles. The summed E-state index contributed by atoms with van der Waals surface area (Å²) in [6.07, 6.45) is 6.47. The van der Waals surface area contributed by atoms with Crippen molar-refractivity contribution in [3.05, 3.63) is 158 Å². The van der Waals surface area contributed by atoms with Crippen LogP contribution in [0.5, 0.6) is 11.5 Å². The Balaban J connectivity index is 0.000000137. The van der Waals surface area contributed by atoms with Gasteiger partial charge in [-0.15, -0.1) is 0 Å². The summed E-state index contributed by atoms with van der Waals surface area (Å²) in [6, 6.07) is 17.3. The van der Waals surface area contributed by atoms with Crippen molar-refractivity contribution in [3.8, 4) is 11.5 Å². The maximum absolute atomic E-state index is 12.0. The Labute approximate surface area is 412 Å². The van der Waals surface area contributed by atoms with Crippen LogP contribution in [0.15, 0.2) is 54.6 Å². The Kier molecular flexibility index (Phi) is 16.7. The number of ketones is 5. The van der Waals surface area contributed by atoms with Gasteiger partial charge in [0.25, 0.3) is 0 Å². The average molecular weight is 991 g/mol. The van der Waals surface area contributed by atoms with Crippen molar-refractivity contribution < 1.29 is 33.4 Å². The molecular formula is C54H53Cl5O7. The highest BCUT2D eigenvalue weighted by Crippen LogP contribution is 2.40. The Morgan fingerprint density at radius 2 is 1.11 bits per heavy atom. The Bertz CT molecular complexity index is 2790. The number of halogens is 5. The summed E-state index contributed by atoms with van der Waals surface area (Å²) in [7, 11) is 3.24. The van der Waals surface area contributed by atoms with E-state index in [9.17, 15) is 24.0 Å². The topological polar surface area (TPSA) is 104 Å². The zero-order valence-corrected chi connectivity index (χ0v) is 42.2. The van der Waals surface area contributed by atoms with Crippen molar-refractivity contribution in [3.63, 3.8) is 0 Å². The Hall–Kier alpha value is -4.50. The molecule has 5 aliphatic carbocycles. The Morgan fingerprint density at radius 3 is 1.76 bits per heavy atom. The molecule has 7 nitrogen and oxygen atoms in total. The second kappa shape index (κ2) is 21.6. The average Bonchev–Trinajstić information content (AvgIpc) is 4.10. The highest BCUT2D eigenvalue weighted by Gasteiger charge is 2.31. The monoisotopic (exact) mass is 988 g/mol. The minimum absolute atomic E-state index is 0.0542. The van der Waals surface area contributed by atoms with E-state index in [1.165, 1.54) is 16.7 Å². The van der Waals surface area contributed by atoms with E-state index in [1.807, 2.05) is 45.9 Å². The Morgan fingerprint density at radius 1 is 0.515 bits per heavy atom. The number of ether oxygens (including phenoxy) is 2. The maximum Gasteiger partial charge on any atom is 0.166 e. The number of aryl methyl sites for hydroxylation is 6. The van der Waals surface area contributed by atoms with E-state index in [0.29, 0.717) is 75.0 Å². The van der Waals surface area contributed by atoms with Gasteiger partial charge in [0.2, 0.25) is 0 Å².